The van der Waals surface area contributed by atoms with Gasteiger partial charge in [-0.05, 0) is 24.5 Å². The number of ether oxygens (including phenoxy) is 1. The predicted molar refractivity (Wildman–Crippen MR) is 62.1 cm³/mol. The largest absolute Gasteiger partial charge is 0.497 e. The number of carbonyl (C=O) groups is 1. The molecule has 2 aromatic rings. The Hall–Kier alpha value is -1.84. The number of benzene rings is 1. The first-order chi connectivity index (χ1) is 8.20. The fourth-order valence-corrected chi connectivity index (χ4v) is 2.45. The van der Waals surface area contributed by atoms with Gasteiger partial charge < -0.3 is 9.72 Å². The van der Waals surface area contributed by atoms with E-state index in [0.29, 0.717) is 23.4 Å². The summed E-state index contributed by atoms with van der Waals surface area (Å²) in [6.45, 7) is 0. The number of rotatable bonds is 1. The van der Waals surface area contributed by atoms with Crippen LogP contribution in [-0.4, -0.2) is 17.9 Å². The summed E-state index contributed by atoms with van der Waals surface area (Å²) in [5.74, 6) is 0.178. The highest BCUT2D eigenvalue weighted by molar-refractivity contribution is 6.03. The average molecular weight is 233 g/mol. The summed E-state index contributed by atoms with van der Waals surface area (Å²) < 4.78 is 18.9. The molecule has 0 unspecified atom stereocenters. The molecule has 0 bridgehead atoms. The van der Waals surface area contributed by atoms with Gasteiger partial charge in [0.25, 0.3) is 0 Å². The van der Waals surface area contributed by atoms with Gasteiger partial charge in [0.15, 0.2) is 11.6 Å². The monoisotopic (exact) mass is 233 g/mol. The first kappa shape index (κ1) is 10.3. The number of methoxy groups -OCH3 is 1. The SMILES string of the molecule is COc1cc(F)c2[nH]c3c(c2c1)CCCC3=O. The zero-order valence-corrected chi connectivity index (χ0v) is 9.47. The molecule has 0 aliphatic heterocycles. The summed E-state index contributed by atoms with van der Waals surface area (Å²) >= 11 is 0. The maximum atomic E-state index is 13.8. The van der Waals surface area contributed by atoms with Gasteiger partial charge in [-0.2, -0.15) is 0 Å². The highest BCUT2D eigenvalue weighted by Crippen LogP contribution is 2.32. The number of hydrogen-bond donors (Lipinski definition) is 1. The van der Waals surface area contributed by atoms with Crippen molar-refractivity contribution >= 4 is 16.7 Å². The van der Waals surface area contributed by atoms with Gasteiger partial charge in [0.05, 0.1) is 18.3 Å². The molecule has 1 aromatic heterocycles. The van der Waals surface area contributed by atoms with Crippen LogP contribution in [-0.2, 0) is 6.42 Å². The van der Waals surface area contributed by atoms with Crippen LogP contribution in [0.1, 0.15) is 28.9 Å². The van der Waals surface area contributed by atoms with Crippen LogP contribution in [0.3, 0.4) is 0 Å². The molecule has 1 aromatic carbocycles. The quantitative estimate of drug-likeness (QED) is 0.822. The molecule has 0 fully saturated rings. The summed E-state index contributed by atoms with van der Waals surface area (Å²) in [5, 5.41) is 0.768. The van der Waals surface area contributed by atoms with Gasteiger partial charge in [-0.1, -0.05) is 0 Å². The maximum absolute atomic E-state index is 13.8. The van der Waals surface area contributed by atoms with Crippen LogP contribution >= 0.6 is 0 Å². The van der Waals surface area contributed by atoms with E-state index >= 15 is 0 Å². The van der Waals surface area contributed by atoms with Crippen molar-refractivity contribution in [2.75, 3.05) is 7.11 Å². The van der Waals surface area contributed by atoms with Crippen LogP contribution in [0.15, 0.2) is 12.1 Å². The summed E-state index contributed by atoms with van der Waals surface area (Å²) in [5.41, 5.74) is 1.90. The molecule has 1 aliphatic carbocycles. The van der Waals surface area contributed by atoms with Crippen molar-refractivity contribution in [2.24, 2.45) is 0 Å². The summed E-state index contributed by atoms with van der Waals surface area (Å²) in [4.78, 5) is 14.6. The lowest BCUT2D eigenvalue weighted by atomic mass is 9.94. The molecule has 1 N–H and O–H groups in total. The van der Waals surface area contributed by atoms with Crippen LogP contribution in [0.4, 0.5) is 4.39 Å². The Kier molecular flexibility index (Phi) is 2.18. The number of aryl methyl sites for hydroxylation is 1. The number of aromatic amines is 1. The van der Waals surface area contributed by atoms with Gasteiger partial charge in [0, 0.05) is 17.9 Å². The third-order valence-electron chi connectivity index (χ3n) is 3.29. The molecule has 17 heavy (non-hydrogen) atoms. The molecule has 0 spiro atoms. The minimum absolute atomic E-state index is 0.0702. The summed E-state index contributed by atoms with van der Waals surface area (Å²) in [6, 6.07) is 3.11. The van der Waals surface area contributed by atoms with Gasteiger partial charge in [0.1, 0.15) is 5.75 Å². The van der Waals surface area contributed by atoms with E-state index < -0.39 is 0 Å². The Bertz CT molecular complexity index is 615. The highest BCUT2D eigenvalue weighted by atomic mass is 19.1. The Morgan fingerprint density at radius 2 is 2.18 bits per heavy atom. The molecule has 0 saturated carbocycles. The second-order valence-electron chi connectivity index (χ2n) is 4.29. The second-order valence-corrected chi connectivity index (χ2v) is 4.29. The van der Waals surface area contributed by atoms with E-state index in [0.717, 1.165) is 23.8 Å². The molecule has 0 saturated heterocycles. The minimum atomic E-state index is -0.374. The van der Waals surface area contributed by atoms with E-state index in [9.17, 15) is 9.18 Å². The number of fused-ring (bicyclic) bond motifs is 3. The zero-order valence-electron chi connectivity index (χ0n) is 9.47. The molecule has 1 heterocycles. The molecular formula is C13H12FNO2. The van der Waals surface area contributed by atoms with Crippen LogP contribution in [0, 0.1) is 5.82 Å². The van der Waals surface area contributed by atoms with Crippen LogP contribution < -0.4 is 4.74 Å². The molecule has 0 amide bonds. The molecule has 0 atom stereocenters. The van der Waals surface area contributed by atoms with E-state index in [-0.39, 0.29) is 11.6 Å². The van der Waals surface area contributed by atoms with E-state index in [1.54, 1.807) is 6.07 Å². The lowest BCUT2D eigenvalue weighted by Crippen LogP contribution is -2.09. The molecule has 3 nitrogen and oxygen atoms in total. The van der Waals surface area contributed by atoms with Crippen molar-refractivity contribution in [1.29, 1.82) is 0 Å². The number of carbonyl (C=O) groups excluding carboxylic acids is 1. The topological polar surface area (TPSA) is 42.1 Å². The Morgan fingerprint density at radius 1 is 1.35 bits per heavy atom. The maximum Gasteiger partial charge on any atom is 0.179 e. The van der Waals surface area contributed by atoms with Crippen LogP contribution in [0.25, 0.3) is 10.9 Å². The van der Waals surface area contributed by atoms with Crippen molar-refractivity contribution < 1.29 is 13.9 Å². The smallest absolute Gasteiger partial charge is 0.179 e. The van der Waals surface area contributed by atoms with Crippen molar-refractivity contribution in [3.8, 4) is 5.75 Å². The summed E-state index contributed by atoms with van der Waals surface area (Å²) in [7, 11) is 1.50. The second kappa shape index (κ2) is 3.58. The Morgan fingerprint density at radius 3 is 2.94 bits per heavy atom. The number of halogens is 1. The van der Waals surface area contributed by atoms with E-state index in [4.69, 9.17) is 4.74 Å². The van der Waals surface area contributed by atoms with Crippen LogP contribution in [0.2, 0.25) is 0 Å². The molecule has 1 aliphatic rings. The fraction of sp³-hybridized carbons (Fsp3) is 0.308. The van der Waals surface area contributed by atoms with Gasteiger partial charge in [0.2, 0.25) is 0 Å². The number of hydrogen-bond acceptors (Lipinski definition) is 2. The van der Waals surface area contributed by atoms with Gasteiger partial charge in [-0.15, -0.1) is 0 Å². The summed E-state index contributed by atoms with van der Waals surface area (Å²) in [6.07, 6.45) is 2.18. The van der Waals surface area contributed by atoms with Gasteiger partial charge in [-0.25, -0.2) is 4.39 Å². The lowest BCUT2D eigenvalue weighted by Gasteiger charge is -2.09. The zero-order chi connectivity index (χ0) is 12.0. The normalized spacial score (nSPS) is 15.1. The average Bonchev–Trinajstić information content (AvgIpc) is 2.70. The van der Waals surface area contributed by atoms with Gasteiger partial charge >= 0.3 is 0 Å². The Balaban J connectivity index is 2.34. The predicted octanol–water partition coefficient (Wildman–Crippen LogP) is 2.83. The minimum Gasteiger partial charge on any atom is -0.497 e. The standard InChI is InChI=1S/C13H12FNO2/c1-17-7-5-9-8-3-2-4-11(16)13(8)15-12(9)10(14)6-7/h5-6,15H,2-4H2,1H3. The number of aromatic nitrogens is 1. The third-order valence-corrected chi connectivity index (χ3v) is 3.29. The molecule has 88 valence electrons. The highest BCUT2D eigenvalue weighted by Gasteiger charge is 2.23. The Labute approximate surface area is 97.6 Å². The first-order valence-electron chi connectivity index (χ1n) is 5.62. The van der Waals surface area contributed by atoms with Crippen molar-refractivity contribution in [1.82, 2.24) is 4.98 Å². The van der Waals surface area contributed by atoms with Crippen LogP contribution in [0.5, 0.6) is 5.75 Å². The fourth-order valence-electron chi connectivity index (χ4n) is 2.45. The van der Waals surface area contributed by atoms with Crippen molar-refractivity contribution in [3.63, 3.8) is 0 Å². The van der Waals surface area contributed by atoms with Crippen molar-refractivity contribution in [3.05, 3.63) is 29.2 Å². The number of H-pyrrole nitrogens is 1. The molecule has 3 rings (SSSR count). The van der Waals surface area contributed by atoms with E-state index in [1.165, 1.54) is 13.2 Å². The molecule has 4 heteroatoms. The third kappa shape index (κ3) is 1.44. The van der Waals surface area contributed by atoms with Gasteiger partial charge in [-0.3, -0.25) is 4.79 Å². The first-order valence-corrected chi connectivity index (χ1v) is 5.62. The molecule has 0 radical (unpaired) electrons. The van der Waals surface area contributed by atoms with E-state index in [2.05, 4.69) is 4.98 Å². The van der Waals surface area contributed by atoms with Crippen molar-refractivity contribution in [2.45, 2.75) is 19.3 Å². The number of ketones is 1. The lowest BCUT2D eigenvalue weighted by molar-refractivity contribution is 0.0968. The number of nitrogens with one attached hydrogen (secondary N) is 1. The number of Topliss-reactive ketones (excluding diaryl/α,β-unsaturated/α-hetero) is 1. The molecular weight excluding hydrogens is 221 g/mol. The van der Waals surface area contributed by atoms with E-state index in [1.807, 2.05) is 0 Å².